The van der Waals surface area contributed by atoms with E-state index in [4.69, 9.17) is 11.6 Å². The minimum atomic E-state index is -0.132. The molecule has 2 aromatic carbocycles. The van der Waals surface area contributed by atoms with Gasteiger partial charge < -0.3 is 10.6 Å². The van der Waals surface area contributed by atoms with Crippen LogP contribution >= 0.6 is 11.6 Å². The molecule has 0 saturated carbocycles. The average Bonchev–Trinajstić information content (AvgIpc) is 2.51. The molecule has 1 atom stereocenters. The number of carbonyl (C=O) groups excluding carboxylic acids is 1. The molecule has 3 nitrogen and oxygen atoms in total. The van der Waals surface area contributed by atoms with Crippen molar-refractivity contribution < 1.29 is 10.1 Å². The van der Waals surface area contributed by atoms with Gasteiger partial charge in [0, 0.05) is 17.1 Å². The van der Waals surface area contributed by atoms with Crippen molar-refractivity contribution in [3.63, 3.8) is 0 Å². The summed E-state index contributed by atoms with van der Waals surface area (Å²) in [6.45, 7) is 3.21. The molecule has 0 aliphatic heterocycles. The molecule has 0 saturated heterocycles. The standard InChI is InChI=1S/C17H19ClN2O/c1-13(19-12-15-8-5-9-16(18)10-15)17(21)20-11-14-6-3-2-4-7-14/h2-10,13,19H,11-12H2,1H3,(H,20,21)/p+1/t13-/m0/s1. The van der Waals surface area contributed by atoms with Crippen molar-refractivity contribution in [1.82, 2.24) is 5.32 Å². The van der Waals surface area contributed by atoms with Crippen LogP contribution in [0, 0.1) is 0 Å². The fourth-order valence-electron chi connectivity index (χ4n) is 2.03. The molecule has 3 N–H and O–H groups in total. The van der Waals surface area contributed by atoms with Gasteiger partial charge in [0.05, 0.1) is 0 Å². The summed E-state index contributed by atoms with van der Waals surface area (Å²) in [6, 6.07) is 17.5. The summed E-state index contributed by atoms with van der Waals surface area (Å²) in [4.78, 5) is 12.0. The van der Waals surface area contributed by atoms with Crippen molar-refractivity contribution in [2.24, 2.45) is 0 Å². The molecule has 0 fully saturated rings. The van der Waals surface area contributed by atoms with Crippen LogP contribution in [0.4, 0.5) is 0 Å². The number of carbonyl (C=O) groups is 1. The molecule has 4 heteroatoms. The molecule has 0 aromatic heterocycles. The Labute approximate surface area is 130 Å². The Bertz CT molecular complexity index is 586. The summed E-state index contributed by atoms with van der Waals surface area (Å²) >= 11 is 5.95. The first-order chi connectivity index (χ1) is 10.1. The maximum absolute atomic E-state index is 12.0. The number of quaternary nitrogens is 1. The van der Waals surface area contributed by atoms with E-state index < -0.39 is 0 Å². The third-order valence-corrected chi connectivity index (χ3v) is 3.55. The van der Waals surface area contributed by atoms with Gasteiger partial charge in [-0.15, -0.1) is 0 Å². The first-order valence-corrected chi connectivity index (χ1v) is 7.42. The predicted molar refractivity (Wildman–Crippen MR) is 84.8 cm³/mol. The molecular formula is C17H20ClN2O+. The van der Waals surface area contributed by atoms with Crippen LogP contribution in [-0.2, 0) is 17.9 Å². The number of rotatable bonds is 6. The van der Waals surface area contributed by atoms with Gasteiger partial charge in [0.25, 0.3) is 5.91 Å². The Balaban J connectivity index is 1.77. The van der Waals surface area contributed by atoms with Crippen molar-refractivity contribution in [1.29, 1.82) is 0 Å². The summed E-state index contributed by atoms with van der Waals surface area (Å²) in [5.41, 5.74) is 2.22. The van der Waals surface area contributed by atoms with E-state index in [0.29, 0.717) is 6.54 Å². The van der Waals surface area contributed by atoms with E-state index in [0.717, 1.165) is 22.7 Å². The number of hydrogen-bond acceptors (Lipinski definition) is 1. The molecule has 0 unspecified atom stereocenters. The average molecular weight is 304 g/mol. The molecule has 0 aliphatic rings. The van der Waals surface area contributed by atoms with Crippen LogP contribution in [0.2, 0.25) is 5.02 Å². The molecule has 0 aliphatic carbocycles. The van der Waals surface area contributed by atoms with Gasteiger partial charge in [0.2, 0.25) is 0 Å². The third kappa shape index (κ3) is 5.21. The van der Waals surface area contributed by atoms with Crippen molar-refractivity contribution >= 4 is 17.5 Å². The number of hydrogen-bond donors (Lipinski definition) is 2. The van der Waals surface area contributed by atoms with Crippen LogP contribution in [0.25, 0.3) is 0 Å². The van der Waals surface area contributed by atoms with Gasteiger partial charge in [-0.1, -0.05) is 54.1 Å². The van der Waals surface area contributed by atoms with Crippen molar-refractivity contribution in [2.75, 3.05) is 0 Å². The van der Waals surface area contributed by atoms with E-state index >= 15 is 0 Å². The Kier molecular flexibility index (Phi) is 5.78. The summed E-state index contributed by atoms with van der Waals surface area (Å²) in [5, 5.41) is 5.68. The maximum atomic E-state index is 12.0. The lowest BCUT2D eigenvalue weighted by Gasteiger charge is -2.11. The maximum Gasteiger partial charge on any atom is 0.278 e. The number of amides is 1. The highest BCUT2D eigenvalue weighted by Gasteiger charge is 2.15. The Hall–Kier alpha value is -1.84. The molecule has 0 radical (unpaired) electrons. The van der Waals surface area contributed by atoms with Gasteiger partial charge in [-0.05, 0) is 24.6 Å². The minimum Gasteiger partial charge on any atom is -0.347 e. The molecule has 0 heterocycles. The van der Waals surface area contributed by atoms with Gasteiger partial charge >= 0.3 is 0 Å². The van der Waals surface area contributed by atoms with E-state index in [1.165, 1.54) is 0 Å². The smallest absolute Gasteiger partial charge is 0.278 e. The fourth-order valence-corrected chi connectivity index (χ4v) is 2.24. The zero-order valence-electron chi connectivity index (χ0n) is 12.1. The summed E-state index contributed by atoms with van der Waals surface area (Å²) in [6.07, 6.45) is 0. The van der Waals surface area contributed by atoms with E-state index in [9.17, 15) is 4.79 Å². The molecule has 0 bridgehead atoms. The van der Waals surface area contributed by atoms with Gasteiger partial charge in [0.1, 0.15) is 6.54 Å². The first-order valence-electron chi connectivity index (χ1n) is 7.04. The second-order valence-corrected chi connectivity index (χ2v) is 5.50. The van der Waals surface area contributed by atoms with Crippen LogP contribution in [0.5, 0.6) is 0 Å². The first kappa shape index (κ1) is 15.5. The minimum absolute atomic E-state index is 0.0425. The van der Waals surface area contributed by atoms with Crippen LogP contribution in [0.1, 0.15) is 18.1 Å². The lowest BCUT2D eigenvalue weighted by Crippen LogP contribution is -2.90. The Morgan fingerprint density at radius 1 is 1.14 bits per heavy atom. The molecule has 2 rings (SSSR count). The largest absolute Gasteiger partial charge is 0.347 e. The lowest BCUT2D eigenvalue weighted by atomic mass is 10.2. The molecule has 2 aromatic rings. The number of nitrogens with one attached hydrogen (secondary N) is 1. The van der Waals surface area contributed by atoms with E-state index in [1.807, 2.05) is 66.8 Å². The highest BCUT2D eigenvalue weighted by Crippen LogP contribution is 2.09. The van der Waals surface area contributed by atoms with Gasteiger partial charge in [-0.25, -0.2) is 0 Å². The lowest BCUT2D eigenvalue weighted by molar-refractivity contribution is -0.689. The Morgan fingerprint density at radius 2 is 1.86 bits per heavy atom. The van der Waals surface area contributed by atoms with E-state index in [-0.39, 0.29) is 11.9 Å². The molecule has 110 valence electrons. The van der Waals surface area contributed by atoms with Crippen molar-refractivity contribution in [3.05, 3.63) is 70.7 Å². The van der Waals surface area contributed by atoms with Gasteiger partial charge in [-0.3, -0.25) is 4.79 Å². The molecule has 1 amide bonds. The Morgan fingerprint density at radius 3 is 2.57 bits per heavy atom. The summed E-state index contributed by atoms with van der Waals surface area (Å²) < 4.78 is 0. The number of benzene rings is 2. The predicted octanol–water partition coefficient (Wildman–Crippen LogP) is 2.11. The second kappa shape index (κ2) is 7.81. The fraction of sp³-hybridized carbons (Fsp3) is 0.235. The van der Waals surface area contributed by atoms with Crippen molar-refractivity contribution in [2.45, 2.75) is 26.1 Å². The highest BCUT2D eigenvalue weighted by atomic mass is 35.5. The quantitative estimate of drug-likeness (QED) is 0.843. The number of halogens is 1. The van der Waals surface area contributed by atoms with Crippen LogP contribution in [-0.4, -0.2) is 11.9 Å². The van der Waals surface area contributed by atoms with Crippen LogP contribution in [0.15, 0.2) is 54.6 Å². The highest BCUT2D eigenvalue weighted by molar-refractivity contribution is 6.30. The van der Waals surface area contributed by atoms with E-state index in [2.05, 4.69) is 5.32 Å². The van der Waals surface area contributed by atoms with Gasteiger partial charge in [0.15, 0.2) is 6.04 Å². The zero-order valence-corrected chi connectivity index (χ0v) is 12.8. The zero-order chi connectivity index (χ0) is 15.1. The van der Waals surface area contributed by atoms with E-state index in [1.54, 1.807) is 0 Å². The SMILES string of the molecule is C[C@H]([NH2+]Cc1cccc(Cl)c1)C(=O)NCc1ccccc1. The number of nitrogens with two attached hydrogens (primary N) is 1. The van der Waals surface area contributed by atoms with Crippen LogP contribution < -0.4 is 10.6 Å². The van der Waals surface area contributed by atoms with Crippen molar-refractivity contribution in [3.8, 4) is 0 Å². The van der Waals surface area contributed by atoms with Gasteiger partial charge in [-0.2, -0.15) is 0 Å². The molecule has 0 spiro atoms. The monoisotopic (exact) mass is 303 g/mol. The van der Waals surface area contributed by atoms with Crippen LogP contribution in [0.3, 0.4) is 0 Å². The summed E-state index contributed by atoms with van der Waals surface area (Å²) in [5.74, 6) is 0.0425. The summed E-state index contributed by atoms with van der Waals surface area (Å²) in [7, 11) is 0. The topological polar surface area (TPSA) is 45.7 Å². The molecular weight excluding hydrogens is 284 g/mol. The third-order valence-electron chi connectivity index (χ3n) is 3.32. The normalized spacial score (nSPS) is 11.9. The molecule has 21 heavy (non-hydrogen) atoms. The second-order valence-electron chi connectivity index (χ2n) is 5.06.